The van der Waals surface area contributed by atoms with Gasteiger partial charge in [0.25, 0.3) is 0 Å². The second kappa shape index (κ2) is 6.37. The van der Waals surface area contributed by atoms with Crippen LogP contribution in [0.3, 0.4) is 0 Å². The Morgan fingerprint density at radius 1 is 1.40 bits per heavy atom. The van der Waals surface area contributed by atoms with E-state index in [9.17, 15) is 4.79 Å². The van der Waals surface area contributed by atoms with Crippen LogP contribution in [0.4, 0.5) is 0 Å². The molecule has 0 aliphatic carbocycles. The lowest BCUT2D eigenvalue weighted by atomic mass is 10.2. The molecule has 0 bridgehead atoms. The maximum Gasteiger partial charge on any atom is 0.350 e. The fraction of sp³-hybridized carbons (Fsp3) is 0.0909. The lowest BCUT2D eigenvalue weighted by molar-refractivity contribution is -0.129. The van der Waals surface area contributed by atoms with Gasteiger partial charge in [-0.25, -0.2) is 4.79 Å². The lowest BCUT2D eigenvalue weighted by Gasteiger charge is -1.92. The molecule has 0 radical (unpaired) electrons. The van der Waals surface area contributed by atoms with Gasteiger partial charge in [-0.1, -0.05) is 41.6 Å². The first-order chi connectivity index (χ1) is 7.29. The van der Waals surface area contributed by atoms with Gasteiger partial charge in [-0.2, -0.15) is 0 Å². The number of benzene rings is 1. The Balaban J connectivity index is 2.26. The molecule has 78 valence electrons. The number of carboxylic acid groups (broad SMARTS) is 1. The number of carboxylic acids is 1. The second-order valence-electron chi connectivity index (χ2n) is 2.68. The van der Waals surface area contributed by atoms with Crippen LogP contribution >= 0.6 is 0 Å². The summed E-state index contributed by atoms with van der Waals surface area (Å²) in [7, 11) is 0. The molecular weight excluding hydrogens is 194 g/mol. The number of nitrogens with zero attached hydrogens (tertiary/aromatic N) is 1. The molecule has 0 aliphatic rings. The molecular formula is C11H11NO3. The molecule has 1 aromatic carbocycles. The Morgan fingerprint density at radius 3 is 2.80 bits per heavy atom. The fourth-order valence-electron chi connectivity index (χ4n) is 0.917. The van der Waals surface area contributed by atoms with Crippen LogP contribution in [0.25, 0.3) is 6.08 Å². The van der Waals surface area contributed by atoms with Gasteiger partial charge in [0, 0.05) is 0 Å². The normalized spacial score (nSPS) is 10.9. The summed E-state index contributed by atoms with van der Waals surface area (Å²) < 4.78 is 0. The van der Waals surface area contributed by atoms with Crippen LogP contribution in [0, 0.1) is 0 Å². The van der Waals surface area contributed by atoms with Crippen molar-refractivity contribution in [3.05, 3.63) is 42.0 Å². The van der Waals surface area contributed by atoms with E-state index in [0.29, 0.717) is 6.21 Å². The topological polar surface area (TPSA) is 58.9 Å². The standard InChI is InChI=1S/C11H11NO3/c13-11(14)9-12-15-8-4-7-10-5-2-1-3-6-10/h1-7,9H,8H2,(H,13,14). The molecule has 4 nitrogen and oxygen atoms in total. The van der Waals surface area contributed by atoms with Gasteiger partial charge >= 0.3 is 5.97 Å². The number of hydrogen-bond acceptors (Lipinski definition) is 3. The van der Waals surface area contributed by atoms with Crippen LogP contribution in [0.1, 0.15) is 5.56 Å². The third-order valence-corrected chi connectivity index (χ3v) is 1.52. The van der Waals surface area contributed by atoms with E-state index < -0.39 is 5.97 Å². The van der Waals surface area contributed by atoms with E-state index >= 15 is 0 Å². The average molecular weight is 205 g/mol. The van der Waals surface area contributed by atoms with Crippen LogP contribution in [0.15, 0.2) is 41.6 Å². The largest absolute Gasteiger partial charge is 0.477 e. The van der Waals surface area contributed by atoms with Crippen molar-refractivity contribution >= 4 is 18.3 Å². The lowest BCUT2D eigenvalue weighted by Crippen LogP contribution is -1.95. The van der Waals surface area contributed by atoms with Crippen LogP contribution in [0.5, 0.6) is 0 Å². The molecule has 0 spiro atoms. The summed E-state index contributed by atoms with van der Waals surface area (Å²) in [4.78, 5) is 14.7. The molecule has 1 rings (SSSR count). The van der Waals surface area contributed by atoms with Gasteiger partial charge in [-0.15, -0.1) is 0 Å². The first kappa shape index (κ1) is 11.0. The van der Waals surface area contributed by atoms with E-state index in [1.54, 1.807) is 6.08 Å². The highest BCUT2D eigenvalue weighted by molar-refractivity contribution is 6.21. The van der Waals surface area contributed by atoms with Crippen molar-refractivity contribution in [2.75, 3.05) is 6.61 Å². The van der Waals surface area contributed by atoms with Crippen LogP contribution in [-0.4, -0.2) is 23.9 Å². The van der Waals surface area contributed by atoms with Crippen molar-refractivity contribution in [2.45, 2.75) is 0 Å². The minimum absolute atomic E-state index is 0.249. The number of hydrogen-bond donors (Lipinski definition) is 1. The zero-order valence-electron chi connectivity index (χ0n) is 8.04. The summed E-state index contributed by atoms with van der Waals surface area (Å²) in [6.07, 6.45) is 4.33. The molecule has 15 heavy (non-hydrogen) atoms. The monoisotopic (exact) mass is 205 g/mol. The fourth-order valence-corrected chi connectivity index (χ4v) is 0.917. The molecule has 4 heteroatoms. The van der Waals surface area contributed by atoms with Crippen molar-refractivity contribution in [3.8, 4) is 0 Å². The van der Waals surface area contributed by atoms with Crippen LogP contribution in [0.2, 0.25) is 0 Å². The minimum atomic E-state index is -1.12. The Labute approximate surface area is 87.5 Å². The quantitative estimate of drug-likeness (QED) is 0.453. The van der Waals surface area contributed by atoms with E-state index in [-0.39, 0.29) is 6.61 Å². The molecule has 0 amide bonds. The van der Waals surface area contributed by atoms with Gasteiger partial charge < -0.3 is 9.94 Å². The van der Waals surface area contributed by atoms with Gasteiger partial charge in [-0.05, 0) is 11.6 Å². The summed E-state index contributed by atoms with van der Waals surface area (Å²) in [6.45, 7) is 0.249. The number of aliphatic carboxylic acids is 1. The predicted molar refractivity (Wildman–Crippen MR) is 57.6 cm³/mol. The van der Waals surface area contributed by atoms with Crippen molar-refractivity contribution in [2.24, 2.45) is 5.16 Å². The second-order valence-corrected chi connectivity index (χ2v) is 2.68. The molecule has 0 aromatic heterocycles. The highest BCUT2D eigenvalue weighted by atomic mass is 16.6. The van der Waals surface area contributed by atoms with Crippen molar-refractivity contribution in [1.82, 2.24) is 0 Å². The molecule has 0 atom stereocenters. The maximum atomic E-state index is 10.0. The van der Waals surface area contributed by atoms with E-state index in [0.717, 1.165) is 5.56 Å². The molecule has 0 saturated carbocycles. The first-order valence-corrected chi connectivity index (χ1v) is 4.39. The molecule has 1 N–H and O–H groups in total. The third kappa shape index (κ3) is 5.25. The molecule has 0 unspecified atom stereocenters. The van der Waals surface area contributed by atoms with Crippen LogP contribution in [-0.2, 0) is 9.63 Å². The number of rotatable bonds is 5. The van der Waals surface area contributed by atoms with Gasteiger partial charge in [0.2, 0.25) is 0 Å². The smallest absolute Gasteiger partial charge is 0.350 e. The SMILES string of the molecule is O=C(O)C=NOCC=Cc1ccccc1. The molecule has 0 aliphatic heterocycles. The number of carbonyl (C=O) groups is 1. The number of oxime groups is 1. The zero-order valence-corrected chi connectivity index (χ0v) is 8.04. The summed E-state index contributed by atoms with van der Waals surface area (Å²) in [6, 6.07) is 9.71. The molecule has 0 saturated heterocycles. The van der Waals surface area contributed by atoms with Gasteiger partial charge in [-0.3, -0.25) is 0 Å². The van der Waals surface area contributed by atoms with E-state index in [4.69, 9.17) is 5.11 Å². The Morgan fingerprint density at radius 2 is 2.13 bits per heavy atom. The van der Waals surface area contributed by atoms with Crippen molar-refractivity contribution < 1.29 is 14.7 Å². The predicted octanol–water partition coefficient (Wildman–Crippen LogP) is 1.79. The summed E-state index contributed by atoms with van der Waals surface area (Å²) in [5.41, 5.74) is 1.06. The molecule has 0 heterocycles. The van der Waals surface area contributed by atoms with Crippen molar-refractivity contribution in [3.63, 3.8) is 0 Å². The minimum Gasteiger partial charge on any atom is -0.477 e. The Bertz CT molecular complexity index is 357. The maximum absolute atomic E-state index is 10.0. The Kier molecular flexibility index (Phi) is 4.66. The van der Waals surface area contributed by atoms with Gasteiger partial charge in [0.05, 0.1) is 0 Å². The average Bonchev–Trinajstić information content (AvgIpc) is 2.24. The molecule has 1 aromatic rings. The summed E-state index contributed by atoms with van der Waals surface area (Å²) >= 11 is 0. The summed E-state index contributed by atoms with van der Waals surface area (Å²) in [5.74, 6) is -1.12. The molecule has 0 fully saturated rings. The summed E-state index contributed by atoms with van der Waals surface area (Å²) in [5, 5.41) is 11.4. The highest BCUT2D eigenvalue weighted by Crippen LogP contribution is 2.00. The van der Waals surface area contributed by atoms with E-state index in [1.165, 1.54) is 0 Å². The van der Waals surface area contributed by atoms with Crippen LogP contribution < -0.4 is 0 Å². The zero-order chi connectivity index (χ0) is 10.9. The Hall–Kier alpha value is -2.10. The van der Waals surface area contributed by atoms with Crippen molar-refractivity contribution in [1.29, 1.82) is 0 Å². The van der Waals surface area contributed by atoms with E-state index in [2.05, 4.69) is 9.99 Å². The highest BCUT2D eigenvalue weighted by Gasteiger charge is 1.85. The third-order valence-electron chi connectivity index (χ3n) is 1.52. The van der Waals surface area contributed by atoms with Gasteiger partial charge in [0.15, 0.2) is 6.21 Å². The van der Waals surface area contributed by atoms with Gasteiger partial charge in [0.1, 0.15) is 6.61 Å². The first-order valence-electron chi connectivity index (χ1n) is 4.39. The van der Waals surface area contributed by atoms with E-state index in [1.807, 2.05) is 36.4 Å².